The molecule has 0 fully saturated rings. The van der Waals surface area contributed by atoms with Gasteiger partial charge in [-0.3, -0.25) is 4.79 Å². The lowest BCUT2D eigenvalue weighted by Gasteiger charge is -2.25. The number of aliphatic hydroxyl groups is 1. The SMILES string of the molecule is CC(C)(C)OC(=O)C1C=CC=CC=CC1=C(O)OC(C)(C)C. The molecule has 0 aromatic rings. The summed E-state index contributed by atoms with van der Waals surface area (Å²) in [6, 6.07) is 0. The first-order chi connectivity index (χ1) is 9.99. The highest BCUT2D eigenvalue weighted by atomic mass is 16.6. The minimum atomic E-state index is -0.720. The molecule has 4 heteroatoms. The van der Waals surface area contributed by atoms with Gasteiger partial charge in [-0.05, 0) is 41.5 Å². The molecule has 0 spiro atoms. The van der Waals surface area contributed by atoms with E-state index in [0.717, 1.165) is 0 Å². The fraction of sp³-hybridized carbons (Fsp3) is 0.500. The van der Waals surface area contributed by atoms with E-state index in [1.165, 1.54) is 0 Å². The van der Waals surface area contributed by atoms with Crippen LogP contribution >= 0.6 is 0 Å². The number of esters is 1. The normalized spacial score (nSPS) is 21.1. The number of carbonyl (C=O) groups is 1. The van der Waals surface area contributed by atoms with Gasteiger partial charge in [-0.1, -0.05) is 36.5 Å². The van der Waals surface area contributed by atoms with Gasteiger partial charge in [-0.2, -0.15) is 0 Å². The number of rotatable bonds is 2. The van der Waals surface area contributed by atoms with Gasteiger partial charge in [0, 0.05) is 0 Å². The molecule has 122 valence electrons. The third-order valence-electron chi connectivity index (χ3n) is 2.56. The van der Waals surface area contributed by atoms with Crippen molar-refractivity contribution in [1.29, 1.82) is 0 Å². The Balaban J connectivity index is 3.20. The van der Waals surface area contributed by atoms with Crippen LogP contribution in [0.4, 0.5) is 0 Å². The zero-order valence-corrected chi connectivity index (χ0v) is 14.2. The Morgan fingerprint density at radius 2 is 1.50 bits per heavy atom. The summed E-state index contributed by atoms with van der Waals surface area (Å²) in [5, 5.41) is 10.3. The second-order valence-electron chi connectivity index (χ2n) is 7.11. The summed E-state index contributed by atoms with van der Waals surface area (Å²) in [5.74, 6) is -1.41. The molecule has 1 rings (SSSR count). The van der Waals surface area contributed by atoms with Gasteiger partial charge in [0.15, 0.2) is 0 Å². The third kappa shape index (κ3) is 6.20. The van der Waals surface area contributed by atoms with Crippen LogP contribution in [0.15, 0.2) is 48.0 Å². The molecule has 0 heterocycles. The second-order valence-corrected chi connectivity index (χ2v) is 7.11. The number of aliphatic hydroxyl groups excluding tert-OH is 1. The molecule has 0 saturated heterocycles. The number of allylic oxidation sites excluding steroid dienone is 5. The molecule has 0 aromatic carbocycles. The van der Waals surface area contributed by atoms with Crippen LogP contribution < -0.4 is 0 Å². The maximum atomic E-state index is 12.4. The molecular weight excluding hydrogens is 280 g/mol. The Hall–Kier alpha value is -1.97. The minimum absolute atomic E-state index is 0.264. The average molecular weight is 306 g/mol. The summed E-state index contributed by atoms with van der Waals surface area (Å²) in [7, 11) is 0. The second kappa shape index (κ2) is 6.86. The topological polar surface area (TPSA) is 55.8 Å². The largest absolute Gasteiger partial charge is 0.481 e. The first-order valence-electron chi connectivity index (χ1n) is 7.36. The maximum Gasteiger partial charge on any atom is 0.318 e. The van der Waals surface area contributed by atoms with Gasteiger partial charge < -0.3 is 14.6 Å². The van der Waals surface area contributed by atoms with Crippen molar-refractivity contribution >= 4 is 5.97 Å². The molecule has 22 heavy (non-hydrogen) atoms. The van der Waals surface area contributed by atoms with Gasteiger partial charge in [-0.15, -0.1) is 0 Å². The van der Waals surface area contributed by atoms with Crippen molar-refractivity contribution in [2.45, 2.75) is 52.7 Å². The Bertz CT molecular complexity index is 522. The predicted molar refractivity (Wildman–Crippen MR) is 87.2 cm³/mol. The molecule has 1 aliphatic carbocycles. The van der Waals surface area contributed by atoms with Crippen LogP contribution in [0.5, 0.6) is 0 Å². The predicted octanol–water partition coefficient (Wildman–Crippen LogP) is 4.21. The average Bonchev–Trinajstić information content (AvgIpc) is 2.22. The minimum Gasteiger partial charge on any atom is -0.481 e. The Labute approximate surface area is 132 Å². The van der Waals surface area contributed by atoms with E-state index in [4.69, 9.17) is 9.47 Å². The summed E-state index contributed by atoms with van der Waals surface area (Å²) >= 11 is 0. The quantitative estimate of drug-likeness (QED) is 0.613. The standard InChI is InChI=1S/C18H26O4/c1-17(2,3)21-15(19)13-11-9-7-8-10-12-14(13)16(20)22-18(4,5)6/h7-13,20H,1-6H3. The number of carbonyl (C=O) groups excluding carboxylic acids is 1. The maximum absolute atomic E-state index is 12.4. The number of hydrogen-bond acceptors (Lipinski definition) is 4. The molecule has 4 nitrogen and oxygen atoms in total. The fourth-order valence-electron chi connectivity index (χ4n) is 1.79. The van der Waals surface area contributed by atoms with E-state index in [9.17, 15) is 9.90 Å². The zero-order chi connectivity index (χ0) is 17.0. The van der Waals surface area contributed by atoms with E-state index in [1.54, 1.807) is 24.3 Å². The summed E-state index contributed by atoms with van der Waals surface area (Å²) in [6.45, 7) is 10.9. The highest BCUT2D eigenvalue weighted by molar-refractivity contribution is 5.79. The van der Waals surface area contributed by atoms with Crippen LogP contribution in [0, 0.1) is 5.92 Å². The molecule has 0 amide bonds. The van der Waals surface area contributed by atoms with E-state index in [0.29, 0.717) is 5.57 Å². The molecule has 0 bridgehead atoms. The van der Waals surface area contributed by atoms with E-state index in [2.05, 4.69) is 0 Å². The van der Waals surface area contributed by atoms with Crippen molar-refractivity contribution < 1.29 is 19.4 Å². The molecule has 0 saturated carbocycles. The monoisotopic (exact) mass is 306 g/mol. The molecule has 1 atom stereocenters. The Morgan fingerprint density at radius 3 is 2.05 bits per heavy atom. The van der Waals surface area contributed by atoms with Crippen molar-refractivity contribution in [3.63, 3.8) is 0 Å². The molecule has 1 N–H and O–H groups in total. The van der Waals surface area contributed by atoms with Gasteiger partial charge in [0.25, 0.3) is 5.95 Å². The van der Waals surface area contributed by atoms with Gasteiger partial charge in [0.1, 0.15) is 17.1 Å². The van der Waals surface area contributed by atoms with E-state index < -0.39 is 23.1 Å². The molecule has 1 unspecified atom stereocenters. The van der Waals surface area contributed by atoms with Gasteiger partial charge in [0.05, 0.1) is 5.57 Å². The first-order valence-corrected chi connectivity index (χ1v) is 7.36. The van der Waals surface area contributed by atoms with Crippen LogP contribution in [0.1, 0.15) is 41.5 Å². The zero-order valence-electron chi connectivity index (χ0n) is 14.2. The first kappa shape index (κ1) is 18.1. The van der Waals surface area contributed by atoms with Gasteiger partial charge in [0.2, 0.25) is 0 Å². The number of ether oxygens (including phenoxy) is 2. The summed E-state index contributed by atoms with van der Waals surface area (Å²) < 4.78 is 10.9. The summed E-state index contributed by atoms with van der Waals surface area (Å²) in [5.41, 5.74) is -0.783. The van der Waals surface area contributed by atoms with Crippen LogP contribution in [-0.4, -0.2) is 22.3 Å². The number of hydrogen-bond donors (Lipinski definition) is 1. The van der Waals surface area contributed by atoms with Gasteiger partial charge >= 0.3 is 5.97 Å². The van der Waals surface area contributed by atoms with Crippen molar-refractivity contribution in [3.05, 3.63) is 48.0 Å². The van der Waals surface area contributed by atoms with E-state index >= 15 is 0 Å². The molecule has 0 aliphatic heterocycles. The van der Waals surface area contributed by atoms with Crippen LogP contribution in [0.3, 0.4) is 0 Å². The molecule has 0 radical (unpaired) electrons. The lowest BCUT2D eigenvalue weighted by molar-refractivity contribution is -0.157. The fourth-order valence-corrected chi connectivity index (χ4v) is 1.79. The van der Waals surface area contributed by atoms with Gasteiger partial charge in [-0.25, -0.2) is 0 Å². The van der Waals surface area contributed by atoms with Crippen molar-refractivity contribution in [2.24, 2.45) is 5.92 Å². The van der Waals surface area contributed by atoms with Crippen molar-refractivity contribution in [3.8, 4) is 0 Å². The van der Waals surface area contributed by atoms with Crippen LogP contribution in [-0.2, 0) is 14.3 Å². The third-order valence-corrected chi connectivity index (χ3v) is 2.56. The van der Waals surface area contributed by atoms with E-state index in [1.807, 2.05) is 53.7 Å². The molecule has 1 aliphatic rings. The Morgan fingerprint density at radius 1 is 0.955 bits per heavy atom. The highest BCUT2D eigenvalue weighted by Crippen LogP contribution is 2.26. The Kier molecular flexibility index (Phi) is 5.64. The van der Waals surface area contributed by atoms with Crippen LogP contribution in [0.25, 0.3) is 0 Å². The smallest absolute Gasteiger partial charge is 0.318 e. The van der Waals surface area contributed by atoms with E-state index in [-0.39, 0.29) is 5.95 Å². The van der Waals surface area contributed by atoms with Crippen molar-refractivity contribution in [1.82, 2.24) is 0 Å². The van der Waals surface area contributed by atoms with Crippen LogP contribution in [0.2, 0.25) is 0 Å². The van der Waals surface area contributed by atoms with Crippen molar-refractivity contribution in [2.75, 3.05) is 0 Å². The molecule has 0 aromatic heterocycles. The highest BCUT2D eigenvalue weighted by Gasteiger charge is 2.29. The summed E-state index contributed by atoms with van der Waals surface area (Å²) in [4.78, 5) is 12.4. The molecular formula is C18H26O4. The summed E-state index contributed by atoms with van der Waals surface area (Å²) in [6.07, 6.45) is 10.5. The lowest BCUT2D eigenvalue weighted by Crippen LogP contribution is -2.30. The lowest BCUT2D eigenvalue weighted by atomic mass is 9.96.